The first-order chi connectivity index (χ1) is 10.2. The van der Waals surface area contributed by atoms with Crippen LogP contribution in [0.2, 0.25) is 0 Å². The van der Waals surface area contributed by atoms with Crippen LogP contribution in [-0.2, 0) is 13.2 Å². The summed E-state index contributed by atoms with van der Waals surface area (Å²) in [4.78, 5) is 0. The van der Waals surface area contributed by atoms with Crippen LogP contribution in [0.25, 0.3) is 0 Å². The van der Waals surface area contributed by atoms with Crippen LogP contribution in [0.15, 0.2) is 36.4 Å². The third-order valence-corrected chi connectivity index (χ3v) is 2.97. The van der Waals surface area contributed by atoms with Crippen molar-refractivity contribution in [3.05, 3.63) is 58.9 Å². The van der Waals surface area contributed by atoms with Crippen molar-refractivity contribution in [2.75, 3.05) is 7.11 Å². The van der Waals surface area contributed by atoms with Crippen LogP contribution in [0.5, 0.6) is 11.5 Å². The maximum Gasteiger partial charge on any atom is 0.124 e. The third kappa shape index (κ3) is 3.71. The SMILES string of the molecule is COc1ccc(OCc2cc(F)cc(C#N)c2)c(CN)c1. The lowest BCUT2D eigenvalue weighted by Crippen LogP contribution is -2.03. The molecule has 5 heteroatoms. The largest absolute Gasteiger partial charge is 0.497 e. The van der Waals surface area contributed by atoms with Gasteiger partial charge in [-0.05, 0) is 42.0 Å². The van der Waals surface area contributed by atoms with Crippen molar-refractivity contribution in [1.82, 2.24) is 0 Å². The molecule has 0 heterocycles. The number of methoxy groups -OCH3 is 1. The molecule has 0 bridgehead atoms. The lowest BCUT2D eigenvalue weighted by atomic mass is 10.1. The highest BCUT2D eigenvalue weighted by atomic mass is 19.1. The van der Waals surface area contributed by atoms with Gasteiger partial charge in [-0.1, -0.05) is 0 Å². The molecule has 0 radical (unpaired) electrons. The predicted octanol–water partition coefficient (Wildman–Crippen LogP) is 2.74. The van der Waals surface area contributed by atoms with Gasteiger partial charge < -0.3 is 15.2 Å². The molecule has 0 saturated heterocycles. The molecule has 2 aromatic rings. The molecule has 0 unspecified atom stereocenters. The van der Waals surface area contributed by atoms with Crippen LogP contribution >= 0.6 is 0 Å². The summed E-state index contributed by atoms with van der Waals surface area (Å²) in [6.07, 6.45) is 0. The Balaban J connectivity index is 2.16. The smallest absolute Gasteiger partial charge is 0.124 e. The monoisotopic (exact) mass is 286 g/mol. The van der Waals surface area contributed by atoms with Crippen molar-refractivity contribution in [2.45, 2.75) is 13.2 Å². The summed E-state index contributed by atoms with van der Waals surface area (Å²) in [7, 11) is 1.58. The first kappa shape index (κ1) is 14.8. The van der Waals surface area contributed by atoms with E-state index in [0.717, 1.165) is 5.56 Å². The summed E-state index contributed by atoms with van der Waals surface area (Å²) in [6, 6.07) is 11.3. The highest BCUT2D eigenvalue weighted by Gasteiger charge is 2.06. The molecule has 0 aliphatic heterocycles. The Morgan fingerprint density at radius 3 is 2.71 bits per heavy atom. The van der Waals surface area contributed by atoms with Crippen LogP contribution in [-0.4, -0.2) is 7.11 Å². The normalized spacial score (nSPS) is 10.0. The highest BCUT2D eigenvalue weighted by molar-refractivity contribution is 5.40. The van der Waals surface area contributed by atoms with Crippen LogP contribution in [0.1, 0.15) is 16.7 Å². The quantitative estimate of drug-likeness (QED) is 0.917. The number of nitrogens with zero attached hydrogens (tertiary/aromatic N) is 1. The molecule has 21 heavy (non-hydrogen) atoms. The topological polar surface area (TPSA) is 68.3 Å². The number of rotatable bonds is 5. The fraction of sp³-hybridized carbons (Fsp3) is 0.188. The number of halogens is 1. The van der Waals surface area contributed by atoms with E-state index in [0.29, 0.717) is 23.6 Å². The Hall–Kier alpha value is -2.58. The molecular formula is C16H15FN2O2. The van der Waals surface area contributed by atoms with Crippen molar-refractivity contribution in [3.8, 4) is 17.6 Å². The van der Waals surface area contributed by atoms with Crippen LogP contribution in [0.3, 0.4) is 0 Å². The summed E-state index contributed by atoms with van der Waals surface area (Å²) in [5, 5.41) is 8.82. The first-order valence-corrected chi connectivity index (χ1v) is 6.35. The minimum atomic E-state index is -0.457. The zero-order chi connectivity index (χ0) is 15.2. The second-order valence-corrected chi connectivity index (χ2v) is 4.43. The van der Waals surface area contributed by atoms with Gasteiger partial charge in [-0.3, -0.25) is 0 Å². The van der Waals surface area contributed by atoms with Gasteiger partial charge in [-0.15, -0.1) is 0 Å². The van der Waals surface area contributed by atoms with Crippen molar-refractivity contribution >= 4 is 0 Å². The lowest BCUT2D eigenvalue weighted by Gasteiger charge is -2.12. The Bertz CT molecular complexity index is 680. The molecule has 0 aliphatic rings. The summed E-state index contributed by atoms with van der Waals surface area (Å²) >= 11 is 0. The van der Waals surface area contributed by atoms with Crippen LogP contribution < -0.4 is 15.2 Å². The Kier molecular flexibility index (Phi) is 4.75. The van der Waals surface area contributed by atoms with E-state index in [9.17, 15) is 4.39 Å². The number of nitrogens with two attached hydrogens (primary N) is 1. The summed E-state index contributed by atoms with van der Waals surface area (Å²) in [6.45, 7) is 0.463. The number of benzene rings is 2. The average molecular weight is 286 g/mol. The van der Waals surface area contributed by atoms with Gasteiger partial charge in [0.2, 0.25) is 0 Å². The van der Waals surface area contributed by atoms with Gasteiger partial charge in [0.25, 0.3) is 0 Å². The number of ether oxygens (including phenoxy) is 2. The van der Waals surface area contributed by atoms with E-state index in [4.69, 9.17) is 20.5 Å². The molecule has 2 rings (SSSR count). The average Bonchev–Trinajstić information content (AvgIpc) is 2.52. The summed E-state index contributed by atoms with van der Waals surface area (Å²) < 4.78 is 24.1. The van der Waals surface area contributed by atoms with E-state index in [1.165, 1.54) is 12.1 Å². The summed E-state index contributed by atoms with van der Waals surface area (Å²) in [5.74, 6) is 0.850. The minimum absolute atomic E-state index is 0.159. The van der Waals surface area contributed by atoms with E-state index in [2.05, 4.69) is 0 Å². The van der Waals surface area contributed by atoms with Crippen molar-refractivity contribution in [1.29, 1.82) is 5.26 Å². The van der Waals surface area contributed by atoms with E-state index in [1.807, 2.05) is 6.07 Å². The molecule has 0 spiro atoms. The Morgan fingerprint density at radius 2 is 2.05 bits per heavy atom. The molecular weight excluding hydrogens is 271 g/mol. The van der Waals surface area contributed by atoms with E-state index in [-0.39, 0.29) is 12.2 Å². The molecule has 0 amide bonds. The second kappa shape index (κ2) is 6.73. The maximum atomic E-state index is 13.3. The molecule has 0 aromatic heterocycles. The lowest BCUT2D eigenvalue weighted by molar-refractivity contribution is 0.301. The van der Waals surface area contributed by atoms with E-state index in [1.54, 1.807) is 31.4 Å². The zero-order valence-corrected chi connectivity index (χ0v) is 11.6. The fourth-order valence-corrected chi connectivity index (χ4v) is 1.94. The predicted molar refractivity (Wildman–Crippen MR) is 76.3 cm³/mol. The van der Waals surface area contributed by atoms with Crippen molar-refractivity contribution in [3.63, 3.8) is 0 Å². The molecule has 2 N–H and O–H groups in total. The Labute approximate surface area is 122 Å². The zero-order valence-electron chi connectivity index (χ0n) is 11.6. The van der Waals surface area contributed by atoms with Gasteiger partial charge >= 0.3 is 0 Å². The van der Waals surface area contributed by atoms with Crippen LogP contribution in [0.4, 0.5) is 4.39 Å². The van der Waals surface area contributed by atoms with Gasteiger partial charge in [-0.2, -0.15) is 5.26 Å². The number of nitriles is 1. The standard InChI is InChI=1S/C16H15FN2O2/c1-20-15-2-3-16(13(7-15)9-19)21-10-12-4-11(8-18)5-14(17)6-12/h2-7H,9-10,19H2,1H3. The first-order valence-electron chi connectivity index (χ1n) is 6.35. The van der Waals surface area contributed by atoms with Gasteiger partial charge in [0.15, 0.2) is 0 Å². The van der Waals surface area contributed by atoms with E-state index >= 15 is 0 Å². The fourth-order valence-electron chi connectivity index (χ4n) is 1.94. The minimum Gasteiger partial charge on any atom is -0.497 e. The molecule has 0 atom stereocenters. The van der Waals surface area contributed by atoms with Gasteiger partial charge in [-0.25, -0.2) is 4.39 Å². The molecule has 2 aromatic carbocycles. The highest BCUT2D eigenvalue weighted by Crippen LogP contribution is 2.24. The number of hydrogen-bond donors (Lipinski definition) is 1. The van der Waals surface area contributed by atoms with Crippen molar-refractivity contribution in [2.24, 2.45) is 5.73 Å². The van der Waals surface area contributed by atoms with Gasteiger partial charge in [0, 0.05) is 12.1 Å². The second-order valence-electron chi connectivity index (χ2n) is 4.43. The molecule has 4 nitrogen and oxygen atoms in total. The number of hydrogen-bond acceptors (Lipinski definition) is 4. The molecule has 108 valence electrons. The van der Waals surface area contributed by atoms with Crippen molar-refractivity contribution < 1.29 is 13.9 Å². The molecule has 0 fully saturated rings. The molecule has 0 saturated carbocycles. The Morgan fingerprint density at radius 1 is 1.24 bits per heavy atom. The van der Waals surface area contributed by atoms with Crippen LogP contribution in [0, 0.1) is 17.1 Å². The summed E-state index contributed by atoms with van der Waals surface area (Å²) in [5.41, 5.74) is 7.33. The van der Waals surface area contributed by atoms with Gasteiger partial charge in [0.1, 0.15) is 23.9 Å². The van der Waals surface area contributed by atoms with Gasteiger partial charge in [0.05, 0.1) is 18.7 Å². The van der Waals surface area contributed by atoms with E-state index < -0.39 is 5.82 Å². The third-order valence-electron chi connectivity index (χ3n) is 2.97. The molecule has 0 aliphatic carbocycles. The maximum absolute atomic E-state index is 13.3.